The van der Waals surface area contributed by atoms with Crippen LogP contribution in [0.2, 0.25) is 0 Å². The molecular weight excluding hydrogens is 246 g/mol. The fourth-order valence-corrected chi connectivity index (χ4v) is 2.91. The van der Waals surface area contributed by atoms with E-state index in [1.54, 1.807) is 6.07 Å². The van der Waals surface area contributed by atoms with Gasteiger partial charge in [0.25, 0.3) is 0 Å². The van der Waals surface area contributed by atoms with E-state index >= 15 is 0 Å². The molecule has 0 heterocycles. The Bertz CT molecular complexity index is 423. The Morgan fingerprint density at radius 3 is 2.68 bits per heavy atom. The Kier molecular flexibility index (Phi) is 4.88. The lowest BCUT2D eigenvalue weighted by Gasteiger charge is -2.33. The zero-order chi connectivity index (χ0) is 13.8. The molecule has 2 rings (SSSR count). The molecule has 1 aliphatic carbocycles. The van der Waals surface area contributed by atoms with Crippen LogP contribution in [-0.2, 0) is 0 Å². The van der Waals surface area contributed by atoms with E-state index in [2.05, 4.69) is 5.32 Å². The minimum Gasteiger partial charge on any atom is -0.330 e. The molecule has 4 heteroatoms. The normalized spacial score (nSPS) is 25.3. The summed E-state index contributed by atoms with van der Waals surface area (Å²) in [4.78, 5) is 0. The van der Waals surface area contributed by atoms with E-state index in [9.17, 15) is 8.78 Å². The smallest absolute Gasteiger partial charge is 0.159 e. The van der Waals surface area contributed by atoms with E-state index in [1.165, 1.54) is 25.0 Å². The second-order valence-electron chi connectivity index (χ2n) is 5.45. The molecule has 1 fully saturated rings. The third kappa shape index (κ3) is 3.51. The summed E-state index contributed by atoms with van der Waals surface area (Å²) in [5, 5.41) is 3.51. The van der Waals surface area contributed by atoms with Gasteiger partial charge in [-0.3, -0.25) is 0 Å². The van der Waals surface area contributed by atoms with Crippen LogP contribution < -0.4 is 11.1 Å². The molecule has 2 nitrogen and oxygen atoms in total. The first-order valence-corrected chi connectivity index (χ1v) is 7.03. The summed E-state index contributed by atoms with van der Waals surface area (Å²) < 4.78 is 26.2. The lowest BCUT2D eigenvalue weighted by atomic mass is 9.84. The number of nitrogens with one attached hydrogen (secondary N) is 1. The molecule has 106 valence electrons. The Labute approximate surface area is 113 Å². The number of rotatable bonds is 4. The summed E-state index contributed by atoms with van der Waals surface area (Å²) in [7, 11) is 0. The molecule has 0 radical (unpaired) electrons. The van der Waals surface area contributed by atoms with Crippen LogP contribution in [0.25, 0.3) is 0 Å². The van der Waals surface area contributed by atoms with Crippen LogP contribution in [0.15, 0.2) is 18.2 Å². The van der Waals surface area contributed by atoms with Crippen molar-refractivity contribution in [2.75, 3.05) is 6.54 Å². The van der Waals surface area contributed by atoms with Gasteiger partial charge < -0.3 is 11.1 Å². The molecule has 0 amide bonds. The Balaban J connectivity index is 2.02. The first-order valence-electron chi connectivity index (χ1n) is 7.03. The predicted molar refractivity (Wildman–Crippen MR) is 72.7 cm³/mol. The largest absolute Gasteiger partial charge is 0.330 e. The molecule has 1 aliphatic rings. The van der Waals surface area contributed by atoms with E-state index in [4.69, 9.17) is 5.73 Å². The Morgan fingerprint density at radius 2 is 2.00 bits per heavy atom. The van der Waals surface area contributed by atoms with Gasteiger partial charge >= 0.3 is 0 Å². The molecule has 3 unspecified atom stereocenters. The Hall–Kier alpha value is -1.00. The van der Waals surface area contributed by atoms with Crippen molar-refractivity contribution in [2.45, 2.75) is 44.7 Å². The molecule has 0 aromatic heterocycles. The van der Waals surface area contributed by atoms with Crippen LogP contribution in [0.1, 0.15) is 44.2 Å². The van der Waals surface area contributed by atoms with Crippen LogP contribution >= 0.6 is 0 Å². The van der Waals surface area contributed by atoms with Gasteiger partial charge in [-0.25, -0.2) is 8.78 Å². The molecule has 0 saturated heterocycles. The first kappa shape index (κ1) is 14.4. The van der Waals surface area contributed by atoms with Crippen LogP contribution in [0.4, 0.5) is 8.78 Å². The van der Waals surface area contributed by atoms with Crippen LogP contribution in [-0.4, -0.2) is 12.6 Å². The molecule has 0 bridgehead atoms. The zero-order valence-electron chi connectivity index (χ0n) is 11.3. The maximum Gasteiger partial charge on any atom is 0.159 e. The fraction of sp³-hybridized carbons (Fsp3) is 0.600. The summed E-state index contributed by atoms with van der Waals surface area (Å²) in [6.07, 6.45) is 4.70. The fourth-order valence-electron chi connectivity index (χ4n) is 2.91. The number of hydrogen-bond donors (Lipinski definition) is 2. The van der Waals surface area contributed by atoms with Gasteiger partial charge in [-0.15, -0.1) is 0 Å². The minimum absolute atomic E-state index is 0.00671. The highest BCUT2D eigenvalue weighted by molar-refractivity contribution is 5.21. The quantitative estimate of drug-likeness (QED) is 0.880. The van der Waals surface area contributed by atoms with E-state index in [1.807, 2.05) is 6.92 Å². The molecule has 0 spiro atoms. The van der Waals surface area contributed by atoms with E-state index in [0.29, 0.717) is 18.5 Å². The van der Waals surface area contributed by atoms with Crippen molar-refractivity contribution in [3.8, 4) is 0 Å². The maximum absolute atomic E-state index is 13.2. The minimum atomic E-state index is -0.798. The van der Waals surface area contributed by atoms with E-state index in [0.717, 1.165) is 18.4 Å². The average molecular weight is 268 g/mol. The SMILES string of the molecule is CC(NC1CCCCC1CN)c1ccc(F)c(F)c1. The van der Waals surface area contributed by atoms with E-state index < -0.39 is 11.6 Å². The number of nitrogens with two attached hydrogens (primary N) is 1. The van der Waals surface area contributed by atoms with Gasteiger partial charge in [-0.05, 0) is 49.9 Å². The molecule has 3 N–H and O–H groups in total. The zero-order valence-corrected chi connectivity index (χ0v) is 11.3. The third-order valence-corrected chi connectivity index (χ3v) is 4.12. The summed E-state index contributed by atoms with van der Waals surface area (Å²) in [5.74, 6) is -1.10. The molecule has 1 saturated carbocycles. The van der Waals surface area contributed by atoms with Gasteiger partial charge in [-0.1, -0.05) is 18.9 Å². The highest BCUT2D eigenvalue weighted by Gasteiger charge is 2.25. The standard InChI is InChI=1S/C15H22F2N2/c1-10(11-6-7-13(16)14(17)8-11)19-15-5-3-2-4-12(15)9-18/h6-8,10,12,15,19H,2-5,9,18H2,1H3. The molecule has 3 atom stereocenters. The van der Waals surface area contributed by atoms with Gasteiger partial charge in [0.15, 0.2) is 11.6 Å². The van der Waals surface area contributed by atoms with Gasteiger partial charge in [0.1, 0.15) is 0 Å². The van der Waals surface area contributed by atoms with Crippen molar-refractivity contribution in [3.63, 3.8) is 0 Å². The number of hydrogen-bond acceptors (Lipinski definition) is 2. The molecule has 1 aromatic rings. The van der Waals surface area contributed by atoms with Crippen LogP contribution in [0.5, 0.6) is 0 Å². The lowest BCUT2D eigenvalue weighted by molar-refractivity contribution is 0.252. The summed E-state index contributed by atoms with van der Waals surface area (Å²) in [5.41, 5.74) is 6.58. The van der Waals surface area contributed by atoms with Gasteiger partial charge in [0.05, 0.1) is 0 Å². The van der Waals surface area contributed by atoms with Crippen molar-refractivity contribution in [3.05, 3.63) is 35.4 Å². The van der Waals surface area contributed by atoms with Gasteiger partial charge in [0, 0.05) is 12.1 Å². The summed E-state index contributed by atoms with van der Waals surface area (Å²) >= 11 is 0. The van der Waals surface area contributed by atoms with Crippen molar-refractivity contribution < 1.29 is 8.78 Å². The van der Waals surface area contributed by atoms with E-state index in [-0.39, 0.29) is 6.04 Å². The molecule has 1 aromatic carbocycles. The topological polar surface area (TPSA) is 38.0 Å². The lowest BCUT2D eigenvalue weighted by Crippen LogP contribution is -2.42. The second-order valence-corrected chi connectivity index (χ2v) is 5.45. The van der Waals surface area contributed by atoms with Crippen LogP contribution in [0.3, 0.4) is 0 Å². The maximum atomic E-state index is 13.2. The molecular formula is C15H22F2N2. The van der Waals surface area contributed by atoms with Crippen LogP contribution in [0, 0.1) is 17.6 Å². The monoisotopic (exact) mass is 268 g/mol. The summed E-state index contributed by atoms with van der Waals surface area (Å²) in [6, 6.07) is 4.47. The van der Waals surface area contributed by atoms with Gasteiger partial charge in [-0.2, -0.15) is 0 Å². The average Bonchev–Trinajstić information content (AvgIpc) is 2.42. The third-order valence-electron chi connectivity index (χ3n) is 4.12. The molecule has 19 heavy (non-hydrogen) atoms. The van der Waals surface area contributed by atoms with Gasteiger partial charge in [0.2, 0.25) is 0 Å². The van der Waals surface area contributed by atoms with Crippen molar-refractivity contribution >= 4 is 0 Å². The highest BCUT2D eigenvalue weighted by Crippen LogP contribution is 2.26. The first-order chi connectivity index (χ1) is 9.11. The highest BCUT2D eigenvalue weighted by atomic mass is 19.2. The van der Waals surface area contributed by atoms with Crippen molar-refractivity contribution in [1.82, 2.24) is 5.32 Å². The van der Waals surface area contributed by atoms with Crippen molar-refractivity contribution in [1.29, 1.82) is 0 Å². The van der Waals surface area contributed by atoms with Crippen molar-refractivity contribution in [2.24, 2.45) is 11.7 Å². The Morgan fingerprint density at radius 1 is 1.26 bits per heavy atom. The predicted octanol–water partition coefficient (Wildman–Crippen LogP) is 3.13. The summed E-state index contributed by atoms with van der Waals surface area (Å²) in [6.45, 7) is 2.66. The molecule has 0 aliphatic heterocycles. The second kappa shape index (κ2) is 6.44. The number of benzene rings is 1. The number of halogens is 2.